The predicted molar refractivity (Wildman–Crippen MR) is 42.2 cm³/mol. The molecule has 1 heterocycles. The zero-order valence-corrected chi connectivity index (χ0v) is 6.88. The van der Waals surface area contributed by atoms with Crippen LogP contribution in [0, 0.1) is 5.92 Å². The zero-order valence-electron chi connectivity index (χ0n) is 6.88. The molecule has 1 fully saturated rings. The van der Waals surface area contributed by atoms with Gasteiger partial charge in [0.25, 0.3) is 0 Å². The lowest BCUT2D eigenvalue weighted by atomic mass is 9.92. The maximum atomic E-state index is 5.54. The molecule has 0 saturated carbocycles. The summed E-state index contributed by atoms with van der Waals surface area (Å²) in [5.74, 6) is 0.357. The van der Waals surface area contributed by atoms with E-state index in [1.54, 1.807) is 0 Å². The molecule has 0 amide bonds. The molecule has 2 nitrogen and oxygen atoms in total. The molecular weight excluding hydrogens is 140 g/mol. The first kappa shape index (κ1) is 7.32. The van der Waals surface area contributed by atoms with E-state index < -0.39 is 0 Å². The molecule has 0 aromatic rings. The van der Waals surface area contributed by atoms with Gasteiger partial charge in [-0.15, -0.1) is 0 Å². The number of allylic oxidation sites excluding steroid dienone is 1. The van der Waals surface area contributed by atoms with Crippen molar-refractivity contribution in [3.63, 3.8) is 0 Å². The van der Waals surface area contributed by atoms with Crippen molar-refractivity contribution < 1.29 is 9.47 Å². The summed E-state index contributed by atoms with van der Waals surface area (Å²) < 4.78 is 11.1. The highest BCUT2D eigenvalue weighted by Crippen LogP contribution is 2.33. The van der Waals surface area contributed by atoms with E-state index in [0.29, 0.717) is 5.92 Å². The van der Waals surface area contributed by atoms with Crippen LogP contribution in [0.15, 0.2) is 12.2 Å². The van der Waals surface area contributed by atoms with Gasteiger partial charge in [0, 0.05) is 6.42 Å². The molecule has 1 aliphatic heterocycles. The molecule has 0 radical (unpaired) electrons. The Morgan fingerprint density at radius 2 is 2.09 bits per heavy atom. The van der Waals surface area contributed by atoms with Crippen molar-refractivity contribution in [2.75, 3.05) is 13.2 Å². The second-order valence-electron chi connectivity index (χ2n) is 3.46. The highest BCUT2D eigenvalue weighted by Gasteiger charge is 2.36. The van der Waals surface area contributed by atoms with Gasteiger partial charge < -0.3 is 9.47 Å². The largest absolute Gasteiger partial charge is 0.344 e. The average molecular weight is 154 g/mol. The summed E-state index contributed by atoms with van der Waals surface area (Å²) in [6.45, 7) is 3.73. The molecule has 0 aromatic carbocycles. The minimum absolute atomic E-state index is 0.336. The topological polar surface area (TPSA) is 18.5 Å². The molecular formula is C9H14O2. The minimum Gasteiger partial charge on any atom is -0.344 e. The van der Waals surface area contributed by atoms with E-state index in [4.69, 9.17) is 9.47 Å². The molecule has 1 saturated heterocycles. The summed E-state index contributed by atoms with van der Waals surface area (Å²) in [4.78, 5) is 0. The van der Waals surface area contributed by atoms with Gasteiger partial charge in [-0.25, -0.2) is 0 Å². The van der Waals surface area contributed by atoms with Crippen molar-refractivity contribution >= 4 is 0 Å². The number of hydrogen-bond donors (Lipinski definition) is 0. The van der Waals surface area contributed by atoms with E-state index in [-0.39, 0.29) is 5.79 Å². The van der Waals surface area contributed by atoms with Gasteiger partial charge in [0.2, 0.25) is 0 Å². The number of hydrogen-bond acceptors (Lipinski definition) is 2. The molecule has 0 N–H and O–H groups in total. The van der Waals surface area contributed by atoms with Crippen molar-refractivity contribution in [1.82, 2.24) is 0 Å². The first-order valence-corrected chi connectivity index (χ1v) is 4.26. The zero-order chi connectivity index (χ0) is 7.73. The highest BCUT2D eigenvalue weighted by atomic mass is 16.7. The SMILES string of the molecule is CC1CC=CC2(C1)OCCO2. The smallest absolute Gasteiger partial charge is 0.188 e. The van der Waals surface area contributed by atoms with Crippen LogP contribution in [-0.4, -0.2) is 19.0 Å². The second-order valence-corrected chi connectivity index (χ2v) is 3.46. The van der Waals surface area contributed by atoms with E-state index >= 15 is 0 Å². The molecule has 2 rings (SSSR count). The fraction of sp³-hybridized carbons (Fsp3) is 0.778. The van der Waals surface area contributed by atoms with Gasteiger partial charge in [-0.2, -0.15) is 0 Å². The Labute approximate surface area is 67.2 Å². The number of ether oxygens (including phenoxy) is 2. The Kier molecular flexibility index (Phi) is 1.74. The Bertz CT molecular complexity index is 168. The molecule has 1 spiro atoms. The van der Waals surface area contributed by atoms with Crippen LogP contribution >= 0.6 is 0 Å². The van der Waals surface area contributed by atoms with Gasteiger partial charge in [0.15, 0.2) is 5.79 Å². The maximum Gasteiger partial charge on any atom is 0.188 e. The summed E-state index contributed by atoms with van der Waals surface area (Å²) in [6, 6.07) is 0. The van der Waals surface area contributed by atoms with E-state index in [1.807, 2.05) is 0 Å². The van der Waals surface area contributed by atoms with Crippen LogP contribution in [0.3, 0.4) is 0 Å². The first-order chi connectivity index (χ1) is 5.31. The van der Waals surface area contributed by atoms with Crippen LogP contribution in [0.5, 0.6) is 0 Å². The standard InChI is InChI=1S/C9H14O2/c1-8-3-2-4-9(7-8)10-5-6-11-9/h2,4,8H,3,5-7H2,1H3. The Balaban J connectivity index is 2.12. The van der Waals surface area contributed by atoms with Crippen LogP contribution in [0.4, 0.5) is 0 Å². The normalized spacial score (nSPS) is 34.8. The summed E-state index contributed by atoms with van der Waals surface area (Å²) in [5.41, 5.74) is 0. The average Bonchev–Trinajstić information content (AvgIpc) is 2.37. The quantitative estimate of drug-likeness (QED) is 0.494. The second kappa shape index (κ2) is 2.61. The van der Waals surface area contributed by atoms with Crippen molar-refractivity contribution in [2.45, 2.75) is 25.6 Å². The lowest BCUT2D eigenvalue weighted by molar-refractivity contribution is -0.132. The van der Waals surface area contributed by atoms with Crippen molar-refractivity contribution in [3.05, 3.63) is 12.2 Å². The summed E-state index contributed by atoms with van der Waals surface area (Å²) in [7, 11) is 0. The van der Waals surface area contributed by atoms with Crippen molar-refractivity contribution in [1.29, 1.82) is 0 Å². The van der Waals surface area contributed by atoms with Crippen LogP contribution in [0.1, 0.15) is 19.8 Å². The lowest BCUT2D eigenvalue weighted by Gasteiger charge is -2.29. The molecule has 1 atom stereocenters. The van der Waals surface area contributed by atoms with Gasteiger partial charge in [-0.1, -0.05) is 13.0 Å². The number of rotatable bonds is 0. The summed E-state index contributed by atoms with van der Waals surface area (Å²) >= 11 is 0. The van der Waals surface area contributed by atoms with Crippen molar-refractivity contribution in [2.24, 2.45) is 5.92 Å². The third-order valence-electron chi connectivity index (χ3n) is 2.32. The van der Waals surface area contributed by atoms with Crippen molar-refractivity contribution in [3.8, 4) is 0 Å². The molecule has 62 valence electrons. The fourth-order valence-electron chi connectivity index (χ4n) is 1.80. The van der Waals surface area contributed by atoms with Gasteiger partial charge in [-0.3, -0.25) is 0 Å². The minimum atomic E-state index is -0.336. The molecule has 0 bridgehead atoms. The maximum absolute atomic E-state index is 5.54. The van der Waals surface area contributed by atoms with Gasteiger partial charge in [0.1, 0.15) is 0 Å². The van der Waals surface area contributed by atoms with Crippen LogP contribution in [0.25, 0.3) is 0 Å². The summed E-state index contributed by atoms with van der Waals surface area (Å²) in [6.07, 6.45) is 6.41. The first-order valence-electron chi connectivity index (χ1n) is 4.26. The molecule has 1 unspecified atom stereocenters. The van der Waals surface area contributed by atoms with Gasteiger partial charge >= 0.3 is 0 Å². The third-order valence-corrected chi connectivity index (χ3v) is 2.32. The monoisotopic (exact) mass is 154 g/mol. The van der Waals surface area contributed by atoms with E-state index in [2.05, 4.69) is 19.1 Å². The van der Waals surface area contributed by atoms with Crippen LogP contribution < -0.4 is 0 Å². The summed E-state index contributed by atoms with van der Waals surface area (Å²) in [5, 5.41) is 0. The molecule has 11 heavy (non-hydrogen) atoms. The van der Waals surface area contributed by atoms with Crippen LogP contribution in [-0.2, 0) is 9.47 Å². The fourth-order valence-corrected chi connectivity index (χ4v) is 1.80. The Hall–Kier alpha value is -0.340. The molecule has 2 aliphatic rings. The lowest BCUT2D eigenvalue weighted by Crippen LogP contribution is -2.31. The van der Waals surface area contributed by atoms with Gasteiger partial charge in [-0.05, 0) is 18.4 Å². The molecule has 0 aromatic heterocycles. The molecule has 2 heteroatoms. The van der Waals surface area contributed by atoms with E-state index in [1.165, 1.54) is 0 Å². The van der Waals surface area contributed by atoms with E-state index in [0.717, 1.165) is 26.1 Å². The Morgan fingerprint density at radius 3 is 2.73 bits per heavy atom. The highest BCUT2D eigenvalue weighted by molar-refractivity contribution is 5.03. The Morgan fingerprint density at radius 1 is 1.36 bits per heavy atom. The molecule has 1 aliphatic carbocycles. The van der Waals surface area contributed by atoms with Gasteiger partial charge in [0.05, 0.1) is 13.2 Å². The van der Waals surface area contributed by atoms with Crippen LogP contribution in [0.2, 0.25) is 0 Å². The predicted octanol–water partition coefficient (Wildman–Crippen LogP) is 1.72. The third kappa shape index (κ3) is 1.33. The van der Waals surface area contributed by atoms with E-state index in [9.17, 15) is 0 Å².